The predicted octanol–water partition coefficient (Wildman–Crippen LogP) is 2.78. The Labute approximate surface area is 147 Å². The Kier molecular flexibility index (Phi) is 6.33. The highest BCUT2D eigenvalue weighted by Gasteiger charge is 2.26. The zero-order valence-corrected chi connectivity index (χ0v) is 14.9. The third kappa shape index (κ3) is 5.14. The molecule has 1 aromatic carbocycles. The summed E-state index contributed by atoms with van der Waals surface area (Å²) in [4.78, 5) is 10.5. The molecule has 0 saturated heterocycles. The third-order valence-electron chi connectivity index (χ3n) is 4.37. The molecule has 2 rings (SSSR count). The largest absolute Gasteiger partial charge is 0.378 e. The number of benzene rings is 1. The first kappa shape index (κ1) is 19.1. The van der Waals surface area contributed by atoms with Crippen LogP contribution in [0.25, 0.3) is 0 Å². The molecular weight excluding hydrogens is 344 g/mol. The summed E-state index contributed by atoms with van der Waals surface area (Å²) in [6.45, 7) is 2.40. The fourth-order valence-corrected chi connectivity index (χ4v) is 4.22. The van der Waals surface area contributed by atoms with E-state index in [2.05, 4.69) is 17.0 Å². The molecule has 0 unspecified atom stereocenters. The van der Waals surface area contributed by atoms with Crippen LogP contribution in [0, 0.1) is 27.4 Å². The summed E-state index contributed by atoms with van der Waals surface area (Å²) in [7, 11) is -3.81. The summed E-state index contributed by atoms with van der Waals surface area (Å²) in [5.41, 5.74) is -0.122. The Morgan fingerprint density at radius 1 is 1.32 bits per heavy atom. The van der Waals surface area contributed by atoms with E-state index in [1.807, 2.05) is 6.07 Å². The molecule has 1 aliphatic carbocycles. The number of rotatable bonds is 7. The van der Waals surface area contributed by atoms with Crippen molar-refractivity contribution in [2.24, 2.45) is 5.92 Å². The zero-order valence-electron chi connectivity index (χ0n) is 14.1. The number of hydrogen-bond donors (Lipinski definition) is 2. The molecule has 0 heterocycles. The van der Waals surface area contributed by atoms with Crippen molar-refractivity contribution in [2.45, 2.75) is 50.0 Å². The van der Waals surface area contributed by atoms with E-state index in [-0.39, 0.29) is 35.3 Å². The van der Waals surface area contributed by atoms with Crippen LogP contribution in [0.3, 0.4) is 0 Å². The van der Waals surface area contributed by atoms with E-state index >= 15 is 0 Å². The third-order valence-corrected chi connectivity index (χ3v) is 5.88. The zero-order chi connectivity index (χ0) is 18.4. The number of nitro benzene ring substituents is 1. The lowest BCUT2D eigenvalue weighted by Gasteiger charge is -2.26. The second kappa shape index (κ2) is 8.27. The SMILES string of the molecule is CC1CCC(NS(=O)(=O)c2ccc(NCCC#N)c([N+](=O)[O-])c2)CC1. The van der Waals surface area contributed by atoms with Gasteiger partial charge in [0.1, 0.15) is 5.69 Å². The summed E-state index contributed by atoms with van der Waals surface area (Å²) >= 11 is 0. The van der Waals surface area contributed by atoms with Gasteiger partial charge in [0, 0.05) is 18.7 Å². The summed E-state index contributed by atoms with van der Waals surface area (Å²) in [6.07, 6.45) is 3.68. The quantitative estimate of drug-likeness (QED) is 0.434. The van der Waals surface area contributed by atoms with Crippen LogP contribution in [-0.4, -0.2) is 25.9 Å². The maximum absolute atomic E-state index is 12.5. The molecule has 25 heavy (non-hydrogen) atoms. The molecule has 2 N–H and O–H groups in total. The minimum absolute atomic E-state index is 0.122. The molecular formula is C16H22N4O4S. The van der Waals surface area contributed by atoms with Crippen LogP contribution < -0.4 is 10.0 Å². The van der Waals surface area contributed by atoms with Crippen LogP contribution in [0.15, 0.2) is 23.1 Å². The average molecular weight is 366 g/mol. The predicted molar refractivity (Wildman–Crippen MR) is 93.6 cm³/mol. The average Bonchev–Trinajstić information content (AvgIpc) is 2.57. The highest BCUT2D eigenvalue weighted by molar-refractivity contribution is 7.89. The summed E-state index contributed by atoms with van der Waals surface area (Å²) in [6, 6.07) is 5.57. The number of nitrogens with zero attached hydrogens (tertiary/aromatic N) is 2. The molecule has 0 atom stereocenters. The van der Waals surface area contributed by atoms with Crippen molar-refractivity contribution >= 4 is 21.4 Å². The van der Waals surface area contributed by atoms with Gasteiger partial charge in [0.2, 0.25) is 10.0 Å². The van der Waals surface area contributed by atoms with E-state index < -0.39 is 14.9 Å². The molecule has 0 bridgehead atoms. The van der Waals surface area contributed by atoms with Gasteiger partial charge >= 0.3 is 0 Å². The Bertz CT molecular complexity index is 765. The number of nitro groups is 1. The monoisotopic (exact) mass is 366 g/mol. The van der Waals surface area contributed by atoms with Gasteiger partial charge in [-0.25, -0.2) is 13.1 Å². The lowest BCUT2D eigenvalue weighted by molar-refractivity contribution is -0.384. The van der Waals surface area contributed by atoms with Gasteiger partial charge in [0.25, 0.3) is 5.69 Å². The molecule has 9 heteroatoms. The van der Waals surface area contributed by atoms with Crippen molar-refractivity contribution in [2.75, 3.05) is 11.9 Å². The van der Waals surface area contributed by atoms with Crippen molar-refractivity contribution < 1.29 is 13.3 Å². The van der Waals surface area contributed by atoms with Crippen molar-refractivity contribution in [3.8, 4) is 6.07 Å². The highest BCUT2D eigenvalue weighted by atomic mass is 32.2. The standard InChI is InChI=1S/C16H22N4O4S/c1-12-3-5-13(6-4-12)19-25(23,24)14-7-8-15(18-10-2-9-17)16(11-14)20(21)22/h7-8,11-13,18-19H,2-6,10H2,1H3. The van der Waals surface area contributed by atoms with Crippen molar-refractivity contribution in [1.82, 2.24) is 4.72 Å². The Balaban J connectivity index is 2.18. The molecule has 0 aliphatic heterocycles. The first-order chi connectivity index (χ1) is 11.8. The second-order valence-electron chi connectivity index (χ2n) is 6.35. The first-order valence-corrected chi connectivity index (χ1v) is 9.73. The van der Waals surface area contributed by atoms with Gasteiger partial charge in [-0.15, -0.1) is 0 Å². The highest BCUT2D eigenvalue weighted by Crippen LogP contribution is 2.29. The Morgan fingerprint density at radius 3 is 2.60 bits per heavy atom. The van der Waals surface area contributed by atoms with Crippen LogP contribution in [0.5, 0.6) is 0 Å². The van der Waals surface area contributed by atoms with E-state index in [1.165, 1.54) is 12.1 Å². The van der Waals surface area contributed by atoms with Crippen LogP contribution >= 0.6 is 0 Å². The molecule has 0 spiro atoms. The van der Waals surface area contributed by atoms with Crippen molar-refractivity contribution in [3.63, 3.8) is 0 Å². The number of anilines is 1. The molecule has 1 saturated carbocycles. The normalized spacial score (nSPS) is 20.6. The summed E-state index contributed by atoms with van der Waals surface area (Å²) in [5.74, 6) is 0.598. The van der Waals surface area contributed by atoms with Crippen LogP contribution in [0.1, 0.15) is 39.0 Å². The molecule has 1 aliphatic rings. The maximum Gasteiger partial charge on any atom is 0.293 e. The van der Waals surface area contributed by atoms with Gasteiger partial charge in [0.05, 0.1) is 22.3 Å². The molecule has 0 radical (unpaired) electrons. The minimum atomic E-state index is -3.81. The Morgan fingerprint density at radius 2 is 2.00 bits per heavy atom. The van der Waals surface area contributed by atoms with Gasteiger partial charge in [-0.3, -0.25) is 10.1 Å². The van der Waals surface area contributed by atoms with Crippen LogP contribution in [-0.2, 0) is 10.0 Å². The topological polar surface area (TPSA) is 125 Å². The van der Waals surface area contributed by atoms with Gasteiger partial charge in [-0.2, -0.15) is 5.26 Å². The molecule has 8 nitrogen and oxygen atoms in total. The summed E-state index contributed by atoms with van der Waals surface area (Å²) < 4.78 is 27.7. The Hall–Kier alpha value is -2.18. The van der Waals surface area contributed by atoms with Crippen LogP contribution in [0.2, 0.25) is 0 Å². The van der Waals surface area contributed by atoms with E-state index in [1.54, 1.807) is 0 Å². The lowest BCUT2D eigenvalue weighted by atomic mass is 9.88. The van der Waals surface area contributed by atoms with Gasteiger partial charge in [-0.05, 0) is 43.7 Å². The number of sulfonamides is 1. The number of nitrogens with one attached hydrogen (secondary N) is 2. The smallest absolute Gasteiger partial charge is 0.293 e. The van der Waals surface area contributed by atoms with E-state index in [0.717, 1.165) is 31.7 Å². The van der Waals surface area contributed by atoms with Crippen LogP contribution in [0.4, 0.5) is 11.4 Å². The molecule has 0 aromatic heterocycles. The fraction of sp³-hybridized carbons (Fsp3) is 0.562. The van der Waals surface area contributed by atoms with Gasteiger partial charge in [-0.1, -0.05) is 6.92 Å². The first-order valence-electron chi connectivity index (χ1n) is 8.25. The molecule has 1 aromatic rings. The number of hydrogen-bond acceptors (Lipinski definition) is 6. The second-order valence-corrected chi connectivity index (χ2v) is 8.06. The molecule has 136 valence electrons. The van der Waals surface area contributed by atoms with Crippen molar-refractivity contribution in [1.29, 1.82) is 5.26 Å². The van der Waals surface area contributed by atoms with E-state index in [4.69, 9.17) is 5.26 Å². The fourth-order valence-electron chi connectivity index (χ4n) is 2.90. The molecule has 0 amide bonds. The van der Waals surface area contributed by atoms with Gasteiger partial charge < -0.3 is 5.32 Å². The van der Waals surface area contributed by atoms with E-state index in [9.17, 15) is 18.5 Å². The van der Waals surface area contributed by atoms with Gasteiger partial charge in [0.15, 0.2) is 0 Å². The number of nitriles is 1. The van der Waals surface area contributed by atoms with Crippen molar-refractivity contribution in [3.05, 3.63) is 28.3 Å². The minimum Gasteiger partial charge on any atom is -0.378 e. The summed E-state index contributed by atoms with van der Waals surface area (Å²) in [5, 5.41) is 22.6. The maximum atomic E-state index is 12.5. The molecule has 1 fully saturated rings. The van der Waals surface area contributed by atoms with E-state index in [0.29, 0.717) is 5.92 Å². The lowest BCUT2D eigenvalue weighted by Crippen LogP contribution is -2.37.